The van der Waals surface area contributed by atoms with Gasteiger partial charge in [0.1, 0.15) is 0 Å². The number of rotatable bonds is 9. The average Bonchev–Trinajstić information content (AvgIpc) is 2.36. The van der Waals surface area contributed by atoms with Crippen LogP contribution in [0.1, 0.15) is 52.4 Å². The zero-order chi connectivity index (χ0) is 12.3. The number of unbranched alkanes of at least 4 members (excludes halogenated alkanes) is 4. The van der Waals surface area contributed by atoms with Crippen LogP contribution in [0.4, 0.5) is 0 Å². The summed E-state index contributed by atoms with van der Waals surface area (Å²) in [5.74, 6) is 0. The predicted octanol–water partition coefficient (Wildman–Crippen LogP) is 3.04. The molecule has 0 aromatic heterocycles. The highest BCUT2D eigenvalue weighted by molar-refractivity contribution is 4.65. The second-order valence-electron chi connectivity index (χ2n) is 4.89. The third-order valence-corrected chi connectivity index (χ3v) is 3.25. The van der Waals surface area contributed by atoms with Crippen molar-refractivity contribution in [1.82, 2.24) is 4.90 Å². The van der Waals surface area contributed by atoms with Gasteiger partial charge in [0, 0.05) is 19.7 Å². The Morgan fingerprint density at radius 2 is 1.88 bits per heavy atom. The minimum Gasteiger partial charge on any atom is -0.351 e. The summed E-state index contributed by atoms with van der Waals surface area (Å²) in [7, 11) is 0. The van der Waals surface area contributed by atoms with Crippen LogP contribution in [0.15, 0.2) is 0 Å². The first-order valence-corrected chi connectivity index (χ1v) is 7.32. The van der Waals surface area contributed by atoms with Gasteiger partial charge in [0.2, 0.25) is 0 Å². The van der Waals surface area contributed by atoms with Crippen LogP contribution >= 0.6 is 0 Å². The van der Waals surface area contributed by atoms with Gasteiger partial charge in [-0.05, 0) is 19.4 Å². The maximum atomic E-state index is 5.76. The van der Waals surface area contributed by atoms with Gasteiger partial charge in [-0.25, -0.2) is 0 Å². The van der Waals surface area contributed by atoms with Crippen LogP contribution in [0.3, 0.4) is 0 Å². The smallest absolute Gasteiger partial charge is 0.170 e. The fourth-order valence-electron chi connectivity index (χ4n) is 2.12. The topological polar surface area (TPSA) is 21.7 Å². The van der Waals surface area contributed by atoms with E-state index in [1.807, 2.05) is 0 Å². The van der Waals surface area contributed by atoms with E-state index in [4.69, 9.17) is 9.47 Å². The molecule has 1 atom stereocenters. The monoisotopic (exact) mass is 243 g/mol. The molecule has 0 bridgehead atoms. The largest absolute Gasteiger partial charge is 0.351 e. The van der Waals surface area contributed by atoms with E-state index in [0.717, 1.165) is 32.7 Å². The van der Waals surface area contributed by atoms with E-state index in [9.17, 15) is 0 Å². The van der Waals surface area contributed by atoms with Crippen molar-refractivity contribution in [1.29, 1.82) is 0 Å². The Hall–Kier alpha value is -0.120. The lowest BCUT2D eigenvalue weighted by Gasteiger charge is -2.32. The average molecular weight is 243 g/mol. The highest BCUT2D eigenvalue weighted by Gasteiger charge is 2.19. The Labute approximate surface area is 106 Å². The molecule has 0 saturated carbocycles. The van der Waals surface area contributed by atoms with E-state index in [1.54, 1.807) is 0 Å². The van der Waals surface area contributed by atoms with Crippen LogP contribution in [0, 0.1) is 0 Å². The molecule has 0 radical (unpaired) electrons. The van der Waals surface area contributed by atoms with Crippen LogP contribution in [0.5, 0.6) is 0 Å². The maximum Gasteiger partial charge on any atom is 0.170 e. The molecule has 0 aromatic carbocycles. The van der Waals surface area contributed by atoms with Crippen LogP contribution in [-0.2, 0) is 9.47 Å². The molecule has 17 heavy (non-hydrogen) atoms. The molecule has 1 rings (SSSR count). The Balaban J connectivity index is 2.06. The fraction of sp³-hybridized carbons (Fsp3) is 1.00. The highest BCUT2D eigenvalue weighted by Crippen LogP contribution is 2.09. The van der Waals surface area contributed by atoms with Crippen molar-refractivity contribution in [2.45, 2.75) is 58.7 Å². The van der Waals surface area contributed by atoms with Crippen molar-refractivity contribution >= 4 is 0 Å². The molecule has 0 aromatic rings. The maximum absolute atomic E-state index is 5.76. The number of ether oxygens (including phenoxy) is 2. The quantitative estimate of drug-likeness (QED) is 0.581. The van der Waals surface area contributed by atoms with Gasteiger partial charge < -0.3 is 9.47 Å². The zero-order valence-corrected chi connectivity index (χ0v) is 11.6. The third kappa shape index (κ3) is 7.02. The molecule has 0 aliphatic carbocycles. The number of hydrogen-bond acceptors (Lipinski definition) is 3. The molecular formula is C14H29NO2. The van der Waals surface area contributed by atoms with Crippen molar-refractivity contribution in [2.24, 2.45) is 0 Å². The van der Waals surface area contributed by atoms with Gasteiger partial charge >= 0.3 is 0 Å². The molecule has 0 amide bonds. The molecule has 1 heterocycles. The molecule has 1 saturated heterocycles. The summed E-state index contributed by atoms with van der Waals surface area (Å²) in [5.41, 5.74) is 0. The lowest BCUT2D eigenvalue weighted by molar-refractivity contribution is -0.179. The lowest BCUT2D eigenvalue weighted by Crippen LogP contribution is -2.44. The van der Waals surface area contributed by atoms with Gasteiger partial charge in [-0.1, -0.05) is 39.5 Å². The van der Waals surface area contributed by atoms with E-state index in [2.05, 4.69) is 18.7 Å². The molecule has 0 N–H and O–H groups in total. The minimum absolute atomic E-state index is 0.0160. The first-order chi connectivity index (χ1) is 8.36. The summed E-state index contributed by atoms with van der Waals surface area (Å²) in [6.45, 7) is 9.36. The molecule has 102 valence electrons. The SMILES string of the molecule is CCCCCOC1CN(CCCCC)CCO1. The fourth-order valence-corrected chi connectivity index (χ4v) is 2.12. The summed E-state index contributed by atoms with van der Waals surface area (Å²) in [5, 5.41) is 0. The Morgan fingerprint density at radius 1 is 1.12 bits per heavy atom. The van der Waals surface area contributed by atoms with Crippen molar-refractivity contribution in [3.63, 3.8) is 0 Å². The van der Waals surface area contributed by atoms with Crippen molar-refractivity contribution in [3.8, 4) is 0 Å². The Bertz CT molecular complexity index is 176. The summed E-state index contributed by atoms with van der Waals surface area (Å²) in [6.07, 6.45) is 7.61. The number of nitrogens with zero attached hydrogens (tertiary/aromatic N) is 1. The van der Waals surface area contributed by atoms with Gasteiger partial charge in [0.15, 0.2) is 6.29 Å². The Kier molecular flexibility index (Phi) is 8.67. The molecule has 1 aliphatic rings. The van der Waals surface area contributed by atoms with E-state index in [-0.39, 0.29) is 6.29 Å². The number of morpholine rings is 1. The second kappa shape index (κ2) is 9.86. The molecule has 3 nitrogen and oxygen atoms in total. The molecule has 1 fully saturated rings. The van der Waals surface area contributed by atoms with Gasteiger partial charge in [-0.3, -0.25) is 4.90 Å². The first-order valence-electron chi connectivity index (χ1n) is 7.32. The van der Waals surface area contributed by atoms with Crippen molar-refractivity contribution < 1.29 is 9.47 Å². The van der Waals surface area contributed by atoms with Crippen LogP contribution in [-0.4, -0.2) is 44.0 Å². The van der Waals surface area contributed by atoms with Crippen LogP contribution < -0.4 is 0 Å². The molecular weight excluding hydrogens is 214 g/mol. The Morgan fingerprint density at radius 3 is 2.65 bits per heavy atom. The highest BCUT2D eigenvalue weighted by atomic mass is 16.7. The van der Waals surface area contributed by atoms with Gasteiger partial charge in [0.05, 0.1) is 6.61 Å². The van der Waals surface area contributed by atoms with E-state index >= 15 is 0 Å². The molecule has 3 heteroatoms. The van der Waals surface area contributed by atoms with E-state index in [0.29, 0.717) is 0 Å². The number of hydrogen-bond donors (Lipinski definition) is 0. The zero-order valence-electron chi connectivity index (χ0n) is 11.6. The minimum atomic E-state index is 0.0160. The van der Waals surface area contributed by atoms with Gasteiger partial charge in [-0.15, -0.1) is 0 Å². The van der Waals surface area contributed by atoms with Crippen molar-refractivity contribution in [2.75, 3.05) is 32.8 Å². The van der Waals surface area contributed by atoms with E-state index in [1.165, 1.54) is 38.6 Å². The summed E-state index contributed by atoms with van der Waals surface area (Å²) >= 11 is 0. The predicted molar refractivity (Wildman–Crippen MR) is 71.2 cm³/mol. The van der Waals surface area contributed by atoms with Crippen LogP contribution in [0.25, 0.3) is 0 Å². The standard InChI is InChI=1S/C14H29NO2/c1-3-5-7-9-15-10-12-17-14(13-15)16-11-8-6-4-2/h14H,3-13H2,1-2H3. The van der Waals surface area contributed by atoms with Crippen molar-refractivity contribution in [3.05, 3.63) is 0 Å². The summed E-state index contributed by atoms with van der Waals surface area (Å²) in [6, 6.07) is 0. The van der Waals surface area contributed by atoms with Gasteiger partial charge in [0.25, 0.3) is 0 Å². The third-order valence-electron chi connectivity index (χ3n) is 3.25. The van der Waals surface area contributed by atoms with E-state index < -0.39 is 0 Å². The van der Waals surface area contributed by atoms with Crippen LogP contribution in [0.2, 0.25) is 0 Å². The molecule has 1 unspecified atom stereocenters. The van der Waals surface area contributed by atoms with Gasteiger partial charge in [-0.2, -0.15) is 0 Å². The summed E-state index contributed by atoms with van der Waals surface area (Å²) < 4.78 is 11.4. The molecule has 1 aliphatic heterocycles. The normalized spacial score (nSPS) is 21.9. The molecule has 0 spiro atoms. The first kappa shape index (κ1) is 14.9. The second-order valence-corrected chi connectivity index (χ2v) is 4.89. The lowest BCUT2D eigenvalue weighted by atomic mass is 10.2. The summed E-state index contributed by atoms with van der Waals surface area (Å²) in [4.78, 5) is 2.48.